The molecule has 1 aromatic carbocycles. The van der Waals surface area contributed by atoms with Gasteiger partial charge >= 0.3 is 6.18 Å². The minimum atomic E-state index is -4.76. The van der Waals surface area contributed by atoms with Crippen LogP contribution >= 0.6 is 0 Å². The third-order valence-electron chi connectivity index (χ3n) is 3.28. The lowest BCUT2D eigenvalue weighted by Crippen LogP contribution is -2.09. The summed E-state index contributed by atoms with van der Waals surface area (Å²) in [5, 5.41) is 13.6. The molecule has 2 aromatic heterocycles. The third kappa shape index (κ3) is 2.51. The Morgan fingerprint density at radius 2 is 1.92 bits per heavy atom. The molecule has 1 radical (unpaired) electrons. The highest BCUT2D eigenvalue weighted by molar-refractivity contribution is 5.95. The smallest absolute Gasteiger partial charge is 0.416 e. The van der Waals surface area contributed by atoms with Gasteiger partial charge in [0.25, 0.3) is 5.91 Å². The summed E-state index contributed by atoms with van der Waals surface area (Å²) in [7, 11) is 0. The van der Waals surface area contributed by atoms with Crippen LogP contribution in [-0.4, -0.2) is 25.6 Å². The van der Waals surface area contributed by atoms with Crippen molar-refractivity contribution in [1.82, 2.24) is 20.3 Å². The molecule has 2 heterocycles. The minimum absolute atomic E-state index is 0.0694. The van der Waals surface area contributed by atoms with E-state index in [-0.39, 0.29) is 16.8 Å². The lowest BCUT2D eigenvalue weighted by atomic mass is 10.0. The van der Waals surface area contributed by atoms with Crippen molar-refractivity contribution in [3.8, 4) is 16.9 Å². The number of aromatic hydroxyl groups is 1. The molecule has 0 aliphatic heterocycles. The zero-order valence-corrected chi connectivity index (χ0v) is 11.6. The molecule has 0 unspecified atom stereocenters. The number of benzene rings is 1. The maximum absolute atomic E-state index is 13.6. The molecule has 0 saturated carbocycles. The van der Waals surface area contributed by atoms with Crippen molar-refractivity contribution in [2.24, 2.45) is 0 Å². The summed E-state index contributed by atoms with van der Waals surface area (Å²) in [5.41, 5.74) is 5.02. The average molecular weight is 339 g/mol. The van der Waals surface area contributed by atoms with E-state index in [1.165, 1.54) is 0 Å². The Balaban J connectivity index is 2.32. The highest BCUT2D eigenvalue weighted by atomic mass is 19.4. The molecular weight excluding hydrogens is 332 g/mol. The van der Waals surface area contributed by atoms with Gasteiger partial charge in [0.15, 0.2) is 11.3 Å². The molecule has 1 amide bonds. The number of nitrogens with zero attached hydrogens (tertiary/aromatic N) is 3. The van der Waals surface area contributed by atoms with Gasteiger partial charge in [-0.1, -0.05) is 0 Å². The predicted molar refractivity (Wildman–Crippen MR) is 72.5 cm³/mol. The molecule has 0 atom stereocenters. The van der Waals surface area contributed by atoms with Gasteiger partial charge in [-0.2, -0.15) is 18.3 Å². The first kappa shape index (κ1) is 15.7. The maximum Gasteiger partial charge on any atom is 0.416 e. The van der Waals surface area contributed by atoms with E-state index in [0.717, 1.165) is 23.0 Å². The monoisotopic (exact) mass is 339 g/mol. The molecule has 3 aromatic rings. The molecule has 2 N–H and O–H groups in total. The number of hydrogen-bond donors (Lipinski definition) is 1. The van der Waals surface area contributed by atoms with Gasteiger partial charge < -0.3 is 5.11 Å². The topological polar surface area (TPSA) is 91.3 Å². The van der Waals surface area contributed by atoms with E-state index in [2.05, 4.69) is 10.1 Å². The predicted octanol–water partition coefficient (Wildman–Crippen LogP) is 2.68. The van der Waals surface area contributed by atoms with Crippen LogP contribution in [0.2, 0.25) is 0 Å². The second kappa shape index (κ2) is 5.18. The Morgan fingerprint density at radius 3 is 2.54 bits per heavy atom. The fourth-order valence-electron chi connectivity index (χ4n) is 2.30. The van der Waals surface area contributed by atoms with Crippen molar-refractivity contribution in [1.29, 1.82) is 0 Å². The molecule has 0 aliphatic carbocycles. The number of fused-ring (bicyclic) bond motifs is 1. The number of amides is 1. The first-order valence-corrected chi connectivity index (χ1v) is 6.38. The Morgan fingerprint density at radius 1 is 1.21 bits per heavy atom. The van der Waals surface area contributed by atoms with Crippen LogP contribution in [0.15, 0.2) is 30.6 Å². The summed E-state index contributed by atoms with van der Waals surface area (Å²) < 4.78 is 53.0. The Bertz CT molecular complexity index is 965. The highest BCUT2D eigenvalue weighted by Crippen LogP contribution is 2.35. The van der Waals surface area contributed by atoms with Crippen LogP contribution in [0.1, 0.15) is 16.1 Å². The molecule has 123 valence electrons. The fraction of sp³-hybridized carbons (Fsp3) is 0.0714. The van der Waals surface area contributed by atoms with Crippen LogP contribution in [0.3, 0.4) is 0 Å². The molecule has 0 saturated heterocycles. The van der Waals surface area contributed by atoms with Crippen molar-refractivity contribution in [2.75, 3.05) is 0 Å². The number of aromatic nitrogens is 3. The molecular formula is C14H7F4N4O2. The van der Waals surface area contributed by atoms with Crippen LogP contribution in [0.25, 0.3) is 16.8 Å². The standard InChI is InChI=1S/C14H7F4N4O2/c15-8-2-6(1-7(3-8)14(16,17)18)9-4-10(23)11(12(19)24)22-13(9)20-5-21-22/h1-5,19,23H. The van der Waals surface area contributed by atoms with Gasteiger partial charge in [0.2, 0.25) is 0 Å². The van der Waals surface area contributed by atoms with Crippen LogP contribution in [-0.2, 0) is 6.18 Å². The molecule has 0 aliphatic rings. The number of carbonyl (C=O) groups is 1. The summed E-state index contributed by atoms with van der Waals surface area (Å²) in [6.45, 7) is 0. The van der Waals surface area contributed by atoms with E-state index in [4.69, 9.17) is 5.73 Å². The Kier molecular flexibility index (Phi) is 3.39. The molecule has 0 spiro atoms. The lowest BCUT2D eigenvalue weighted by Gasteiger charge is -2.11. The average Bonchev–Trinajstić information content (AvgIpc) is 2.93. The summed E-state index contributed by atoms with van der Waals surface area (Å²) in [6, 6.07) is 2.81. The minimum Gasteiger partial charge on any atom is -0.505 e. The zero-order valence-electron chi connectivity index (χ0n) is 11.6. The van der Waals surface area contributed by atoms with Crippen molar-refractivity contribution in [3.05, 3.63) is 47.7 Å². The normalized spacial score (nSPS) is 11.8. The number of pyridine rings is 1. The van der Waals surface area contributed by atoms with E-state index in [1.54, 1.807) is 0 Å². The fourth-order valence-corrected chi connectivity index (χ4v) is 2.30. The van der Waals surface area contributed by atoms with Crippen molar-refractivity contribution in [2.45, 2.75) is 6.18 Å². The molecule has 6 nitrogen and oxygen atoms in total. The van der Waals surface area contributed by atoms with E-state index < -0.39 is 34.9 Å². The van der Waals surface area contributed by atoms with Crippen molar-refractivity contribution in [3.63, 3.8) is 0 Å². The molecule has 3 rings (SSSR count). The first-order chi connectivity index (χ1) is 11.2. The van der Waals surface area contributed by atoms with E-state index in [1.807, 2.05) is 0 Å². The number of nitrogens with one attached hydrogen (secondary N) is 1. The van der Waals surface area contributed by atoms with Crippen molar-refractivity contribution >= 4 is 11.6 Å². The summed E-state index contributed by atoms with van der Waals surface area (Å²) in [4.78, 5) is 15.1. The molecule has 10 heteroatoms. The number of halogens is 4. The van der Waals surface area contributed by atoms with Gasteiger partial charge in [-0.3, -0.25) is 10.5 Å². The third-order valence-corrected chi connectivity index (χ3v) is 3.28. The van der Waals surface area contributed by atoms with Gasteiger partial charge in [0.1, 0.15) is 17.9 Å². The largest absolute Gasteiger partial charge is 0.505 e. The second-order valence-corrected chi connectivity index (χ2v) is 4.84. The molecule has 24 heavy (non-hydrogen) atoms. The Hall–Kier alpha value is -3.17. The SMILES string of the molecule is [NH]C(=O)c1c(O)cc(-c2cc(F)cc(C(F)(F)F)c2)c2ncnn12. The Labute approximate surface area is 131 Å². The number of alkyl halides is 3. The number of rotatable bonds is 2. The van der Waals surface area contributed by atoms with Crippen LogP contribution in [0.4, 0.5) is 17.6 Å². The zero-order chi connectivity index (χ0) is 17.6. The van der Waals surface area contributed by atoms with Gasteiger partial charge in [0.05, 0.1) is 5.56 Å². The van der Waals surface area contributed by atoms with E-state index >= 15 is 0 Å². The van der Waals surface area contributed by atoms with E-state index in [0.29, 0.717) is 12.1 Å². The maximum atomic E-state index is 13.6. The number of carbonyl (C=O) groups excluding carboxylic acids is 1. The van der Waals surface area contributed by atoms with Crippen LogP contribution < -0.4 is 5.73 Å². The highest BCUT2D eigenvalue weighted by Gasteiger charge is 2.32. The molecule has 0 bridgehead atoms. The van der Waals surface area contributed by atoms with Crippen LogP contribution in [0, 0.1) is 5.82 Å². The van der Waals surface area contributed by atoms with Crippen LogP contribution in [0.5, 0.6) is 5.75 Å². The van der Waals surface area contributed by atoms with Crippen molar-refractivity contribution < 1.29 is 27.5 Å². The first-order valence-electron chi connectivity index (χ1n) is 6.38. The van der Waals surface area contributed by atoms with Gasteiger partial charge in [-0.15, -0.1) is 0 Å². The van der Waals surface area contributed by atoms with Gasteiger partial charge in [-0.25, -0.2) is 13.9 Å². The molecule has 0 fully saturated rings. The summed E-state index contributed by atoms with van der Waals surface area (Å²) >= 11 is 0. The summed E-state index contributed by atoms with van der Waals surface area (Å²) in [6.07, 6.45) is -3.77. The lowest BCUT2D eigenvalue weighted by molar-refractivity contribution is -0.137. The quantitative estimate of drug-likeness (QED) is 0.727. The van der Waals surface area contributed by atoms with E-state index in [9.17, 15) is 27.5 Å². The summed E-state index contributed by atoms with van der Waals surface area (Å²) in [5.74, 6) is -3.07. The van der Waals surface area contributed by atoms with Gasteiger partial charge in [0, 0.05) is 5.56 Å². The number of hydrogen-bond acceptors (Lipinski definition) is 4. The van der Waals surface area contributed by atoms with Gasteiger partial charge in [-0.05, 0) is 29.8 Å². The second-order valence-electron chi connectivity index (χ2n) is 4.84.